The van der Waals surface area contributed by atoms with Crippen molar-refractivity contribution in [3.05, 3.63) is 29.8 Å². The normalized spacial score (nSPS) is 23.4. The minimum Gasteiger partial charge on any atom is -0.461 e. The monoisotopic (exact) mass is 275 g/mol. The Kier molecular flexibility index (Phi) is 4.36. The van der Waals surface area contributed by atoms with E-state index in [0.29, 0.717) is 11.6 Å². The Labute approximate surface area is 121 Å². The van der Waals surface area contributed by atoms with Crippen LogP contribution < -0.4 is 5.73 Å². The smallest absolute Gasteiger partial charge is 0.316 e. The quantitative estimate of drug-likeness (QED) is 0.676. The maximum absolute atomic E-state index is 12.5. The molecule has 1 saturated carbocycles. The maximum atomic E-state index is 12.5. The van der Waals surface area contributed by atoms with Gasteiger partial charge in [0.1, 0.15) is 6.10 Å². The Bertz CT molecular complexity index is 464. The molecule has 2 N–H and O–H groups in total. The molecule has 1 aromatic carbocycles. The number of nitrogen functional groups attached to an aromatic ring is 1. The van der Waals surface area contributed by atoms with Crippen LogP contribution in [0.15, 0.2) is 24.3 Å². The SMILES string of the molecule is CC1CCCCC1OC(=O)C(C)(C)c1ccc(N)cc1. The van der Waals surface area contributed by atoms with Crippen LogP contribution in [0.3, 0.4) is 0 Å². The van der Waals surface area contributed by atoms with Gasteiger partial charge in [0, 0.05) is 5.69 Å². The molecule has 2 rings (SSSR count). The highest BCUT2D eigenvalue weighted by molar-refractivity contribution is 5.82. The number of hydrogen-bond donors (Lipinski definition) is 1. The number of anilines is 1. The molecular formula is C17H25NO2. The van der Waals surface area contributed by atoms with Gasteiger partial charge in [-0.2, -0.15) is 0 Å². The molecule has 0 bridgehead atoms. The van der Waals surface area contributed by atoms with Crippen LogP contribution in [0.1, 0.15) is 52.0 Å². The van der Waals surface area contributed by atoms with Crippen molar-refractivity contribution in [2.75, 3.05) is 5.73 Å². The van der Waals surface area contributed by atoms with E-state index in [2.05, 4.69) is 6.92 Å². The molecule has 3 heteroatoms. The Morgan fingerprint density at radius 1 is 1.20 bits per heavy atom. The Balaban J connectivity index is 2.08. The molecule has 0 saturated heterocycles. The van der Waals surface area contributed by atoms with Crippen molar-refractivity contribution in [1.82, 2.24) is 0 Å². The van der Waals surface area contributed by atoms with E-state index in [0.717, 1.165) is 24.8 Å². The van der Waals surface area contributed by atoms with E-state index >= 15 is 0 Å². The van der Waals surface area contributed by atoms with E-state index in [1.54, 1.807) is 0 Å². The van der Waals surface area contributed by atoms with Crippen LogP contribution in [-0.4, -0.2) is 12.1 Å². The van der Waals surface area contributed by atoms with E-state index in [1.807, 2.05) is 38.1 Å². The molecule has 2 atom stereocenters. The van der Waals surface area contributed by atoms with E-state index in [4.69, 9.17) is 10.5 Å². The van der Waals surface area contributed by atoms with E-state index < -0.39 is 5.41 Å². The van der Waals surface area contributed by atoms with Gasteiger partial charge in [-0.05, 0) is 56.7 Å². The second-order valence-electron chi connectivity index (χ2n) is 6.45. The van der Waals surface area contributed by atoms with Crippen LogP contribution in [-0.2, 0) is 14.9 Å². The molecule has 3 nitrogen and oxygen atoms in total. The molecular weight excluding hydrogens is 250 g/mol. The summed E-state index contributed by atoms with van der Waals surface area (Å²) in [5.74, 6) is 0.330. The second-order valence-corrected chi connectivity index (χ2v) is 6.45. The number of benzene rings is 1. The summed E-state index contributed by atoms with van der Waals surface area (Å²) in [4.78, 5) is 12.5. The average molecular weight is 275 g/mol. The third-order valence-electron chi connectivity index (χ3n) is 4.43. The molecule has 1 aliphatic carbocycles. The summed E-state index contributed by atoms with van der Waals surface area (Å²) in [5.41, 5.74) is 6.72. The van der Waals surface area contributed by atoms with Crippen LogP contribution >= 0.6 is 0 Å². The van der Waals surface area contributed by atoms with Crippen molar-refractivity contribution in [1.29, 1.82) is 0 Å². The lowest BCUT2D eigenvalue weighted by Crippen LogP contribution is -2.37. The average Bonchev–Trinajstić information content (AvgIpc) is 2.41. The molecule has 110 valence electrons. The zero-order valence-corrected chi connectivity index (χ0v) is 12.7. The summed E-state index contributed by atoms with van der Waals surface area (Å²) < 4.78 is 5.78. The number of ether oxygens (including phenoxy) is 1. The molecule has 0 radical (unpaired) electrons. The lowest BCUT2D eigenvalue weighted by molar-refractivity contribution is -0.159. The van der Waals surface area contributed by atoms with Gasteiger partial charge in [0.05, 0.1) is 5.41 Å². The van der Waals surface area contributed by atoms with Crippen molar-refractivity contribution < 1.29 is 9.53 Å². The summed E-state index contributed by atoms with van der Waals surface area (Å²) >= 11 is 0. The van der Waals surface area contributed by atoms with E-state index in [1.165, 1.54) is 6.42 Å². The van der Waals surface area contributed by atoms with Gasteiger partial charge in [0.15, 0.2) is 0 Å². The first-order chi connectivity index (χ1) is 9.41. The Morgan fingerprint density at radius 3 is 2.40 bits per heavy atom. The fraction of sp³-hybridized carbons (Fsp3) is 0.588. The predicted molar refractivity (Wildman–Crippen MR) is 81.4 cm³/mol. The molecule has 0 heterocycles. The highest BCUT2D eigenvalue weighted by Gasteiger charge is 2.35. The number of esters is 1. The summed E-state index contributed by atoms with van der Waals surface area (Å²) in [5, 5.41) is 0. The first-order valence-corrected chi connectivity index (χ1v) is 7.48. The Morgan fingerprint density at radius 2 is 1.80 bits per heavy atom. The standard InChI is InChI=1S/C17H25NO2/c1-12-6-4-5-7-15(12)20-16(19)17(2,3)13-8-10-14(18)11-9-13/h8-12,15H,4-7,18H2,1-3H3. The van der Waals surface area contributed by atoms with Gasteiger partial charge in [-0.3, -0.25) is 4.79 Å². The van der Waals surface area contributed by atoms with E-state index in [9.17, 15) is 4.79 Å². The van der Waals surface area contributed by atoms with Crippen molar-refractivity contribution in [2.45, 2.75) is 58.0 Å². The third kappa shape index (κ3) is 3.14. The van der Waals surface area contributed by atoms with Gasteiger partial charge in [-0.1, -0.05) is 25.5 Å². The molecule has 0 amide bonds. The lowest BCUT2D eigenvalue weighted by Gasteiger charge is -2.32. The molecule has 0 aromatic heterocycles. The van der Waals surface area contributed by atoms with Crippen molar-refractivity contribution in [3.8, 4) is 0 Å². The molecule has 2 unspecified atom stereocenters. The summed E-state index contributed by atoms with van der Waals surface area (Å²) in [7, 11) is 0. The van der Waals surface area contributed by atoms with Crippen molar-refractivity contribution >= 4 is 11.7 Å². The van der Waals surface area contributed by atoms with Crippen molar-refractivity contribution in [3.63, 3.8) is 0 Å². The van der Waals surface area contributed by atoms with E-state index in [-0.39, 0.29) is 12.1 Å². The number of rotatable bonds is 3. The molecule has 20 heavy (non-hydrogen) atoms. The van der Waals surface area contributed by atoms with Crippen LogP contribution in [0.2, 0.25) is 0 Å². The minimum atomic E-state index is -0.634. The number of carbonyl (C=O) groups excluding carboxylic acids is 1. The minimum absolute atomic E-state index is 0.0734. The number of nitrogens with two attached hydrogens (primary N) is 1. The third-order valence-corrected chi connectivity index (χ3v) is 4.43. The van der Waals surface area contributed by atoms with Gasteiger partial charge in [0.2, 0.25) is 0 Å². The fourth-order valence-electron chi connectivity index (χ4n) is 2.76. The number of hydrogen-bond acceptors (Lipinski definition) is 3. The predicted octanol–water partition coefficient (Wildman–Crippen LogP) is 3.67. The first kappa shape index (κ1) is 14.9. The fourth-order valence-corrected chi connectivity index (χ4v) is 2.76. The molecule has 1 fully saturated rings. The maximum Gasteiger partial charge on any atom is 0.316 e. The zero-order valence-electron chi connectivity index (χ0n) is 12.7. The largest absolute Gasteiger partial charge is 0.461 e. The van der Waals surface area contributed by atoms with Crippen LogP contribution in [0, 0.1) is 5.92 Å². The zero-order chi connectivity index (χ0) is 14.8. The van der Waals surface area contributed by atoms with Crippen LogP contribution in [0.5, 0.6) is 0 Å². The topological polar surface area (TPSA) is 52.3 Å². The summed E-state index contributed by atoms with van der Waals surface area (Å²) in [6.45, 7) is 6.00. The highest BCUT2D eigenvalue weighted by atomic mass is 16.5. The first-order valence-electron chi connectivity index (χ1n) is 7.48. The van der Waals surface area contributed by atoms with Gasteiger partial charge in [-0.15, -0.1) is 0 Å². The van der Waals surface area contributed by atoms with Gasteiger partial charge < -0.3 is 10.5 Å². The lowest BCUT2D eigenvalue weighted by atomic mass is 9.83. The second kappa shape index (κ2) is 5.86. The summed E-state index contributed by atoms with van der Waals surface area (Å²) in [6, 6.07) is 7.46. The number of carbonyl (C=O) groups is 1. The Hall–Kier alpha value is -1.51. The van der Waals surface area contributed by atoms with Crippen LogP contribution in [0.4, 0.5) is 5.69 Å². The summed E-state index contributed by atoms with van der Waals surface area (Å²) in [6.07, 6.45) is 4.62. The molecule has 0 spiro atoms. The van der Waals surface area contributed by atoms with Crippen LogP contribution in [0.25, 0.3) is 0 Å². The van der Waals surface area contributed by atoms with Gasteiger partial charge in [-0.25, -0.2) is 0 Å². The molecule has 0 aliphatic heterocycles. The van der Waals surface area contributed by atoms with Crippen molar-refractivity contribution in [2.24, 2.45) is 5.92 Å². The molecule has 1 aromatic rings. The van der Waals surface area contributed by atoms with Gasteiger partial charge in [0.25, 0.3) is 0 Å². The van der Waals surface area contributed by atoms with Gasteiger partial charge >= 0.3 is 5.97 Å². The molecule has 1 aliphatic rings. The highest BCUT2D eigenvalue weighted by Crippen LogP contribution is 2.31.